The second-order valence-electron chi connectivity index (χ2n) is 5.81. The Hall–Kier alpha value is -2.07. The van der Waals surface area contributed by atoms with Crippen LogP contribution >= 0.6 is 0 Å². The molecule has 0 fully saturated rings. The summed E-state index contributed by atoms with van der Waals surface area (Å²) in [5.74, 6) is 0. The van der Waals surface area contributed by atoms with Gasteiger partial charge in [-0.2, -0.15) is 0 Å². The standard InChI is InChI=1S/C18H17NO2S/c20-22(21,13-6-2-1-3-7-13)14-10-11-16-15-8-4-5-9-17(15)19-18(16)12-14/h1-3,6-7,10-12,19H,4-5,8-9H2. The number of aryl methyl sites for hydroxylation is 2. The molecule has 112 valence electrons. The van der Waals surface area contributed by atoms with E-state index in [0.717, 1.165) is 18.4 Å². The van der Waals surface area contributed by atoms with Crippen molar-refractivity contribution in [1.29, 1.82) is 0 Å². The Morgan fingerprint density at radius 3 is 2.45 bits per heavy atom. The molecule has 1 aliphatic carbocycles. The summed E-state index contributed by atoms with van der Waals surface area (Å²) in [6, 6.07) is 14.0. The van der Waals surface area contributed by atoms with Crippen LogP contribution in [0.25, 0.3) is 10.9 Å². The van der Waals surface area contributed by atoms with E-state index in [4.69, 9.17) is 0 Å². The molecule has 1 heterocycles. The monoisotopic (exact) mass is 311 g/mol. The SMILES string of the molecule is O=S(=O)(c1ccccc1)c1ccc2c3c([nH]c2c1)CCCC3. The first-order valence-electron chi connectivity index (χ1n) is 7.60. The lowest BCUT2D eigenvalue weighted by Gasteiger charge is -2.10. The maximum absolute atomic E-state index is 12.7. The lowest BCUT2D eigenvalue weighted by Crippen LogP contribution is -2.01. The summed E-state index contributed by atoms with van der Waals surface area (Å²) in [5, 5.41) is 1.17. The first-order valence-corrected chi connectivity index (χ1v) is 9.08. The molecule has 0 amide bonds. The Labute approximate surface area is 129 Å². The number of hydrogen-bond donors (Lipinski definition) is 1. The molecule has 4 heteroatoms. The van der Waals surface area contributed by atoms with Crippen LogP contribution in [0.4, 0.5) is 0 Å². The molecule has 1 aromatic heterocycles. The molecular weight excluding hydrogens is 294 g/mol. The smallest absolute Gasteiger partial charge is 0.206 e. The van der Waals surface area contributed by atoms with E-state index < -0.39 is 9.84 Å². The van der Waals surface area contributed by atoms with Gasteiger partial charge in [-0.1, -0.05) is 24.3 Å². The van der Waals surface area contributed by atoms with Crippen molar-refractivity contribution in [3.8, 4) is 0 Å². The van der Waals surface area contributed by atoms with Gasteiger partial charge in [-0.3, -0.25) is 0 Å². The topological polar surface area (TPSA) is 49.9 Å². The van der Waals surface area contributed by atoms with E-state index in [1.165, 1.54) is 29.5 Å². The van der Waals surface area contributed by atoms with Gasteiger partial charge in [0.1, 0.15) is 0 Å². The fraction of sp³-hybridized carbons (Fsp3) is 0.222. The Kier molecular flexibility index (Phi) is 3.08. The quantitative estimate of drug-likeness (QED) is 0.781. The Morgan fingerprint density at radius 2 is 1.64 bits per heavy atom. The average molecular weight is 311 g/mol. The van der Waals surface area contributed by atoms with Gasteiger partial charge in [0.15, 0.2) is 0 Å². The number of benzene rings is 2. The van der Waals surface area contributed by atoms with Crippen LogP contribution < -0.4 is 0 Å². The minimum absolute atomic E-state index is 0.339. The van der Waals surface area contributed by atoms with Crippen LogP contribution in [-0.2, 0) is 22.7 Å². The zero-order valence-electron chi connectivity index (χ0n) is 12.2. The summed E-state index contributed by atoms with van der Waals surface area (Å²) >= 11 is 0. The molecular formula is C18H17NO2S. The molecule has 0 saturated heterocycles. The summed E-state index contributed by atoms with van der Waals surface area (Å²) in [6.07, 6.45) is 4.56. The molecule has 0 saturated carbocycles. The van der Waals surface area contributed by atoms with Crippen LogP contribution in [0.15, 0.2) is 58.3 Å². The van der Waals surface area contributed by atoms with E-state index in [1.54, 1.807) is 36.4 Å². The molecule has 2 aromatic carbocycles. The van der Waals surface area contributed by atoms with Gasteiger partial charge in [-0.05, 0) is 55.5 Å². The molecule has 22 heavy (non-hydrogen) atoms. The minimum atomic E-state index is -3.45. The van der Waals surface area contributed by atoms with Gasteiger partial charge in [-0.15, -0.1) is 0 Å². The van der Waals surface area contributed by atoms with Crippen molar-refractivity contribution >= 4 is 20.7 Å². The first kappa shape index (κ1) is 13.6. The highest BCUT2D eigenvalue weighted by Gasteiger charge is 2.20. The van der Waals surface area contributed by atoms with Crippen molar-refractivity contribution in [2.45, 2.75) is 35.5 Å². The Balaban J connectivity index is 1.87. The Morgan fingerprint density at radius 1 is 0.864 bits per heavy atom. The van der Waals surface area contributed by atoms with Gasteiger partial charge in [0.2, 0.25) is 9.84 Å². The highest BCUT2D eigenvalue weighted by Crippen LogP contribution is 2.31. The van der Waals surface area contributed by atoms with Crippen LogP contribution in [0.2, 0.25) is 0 Å². The molecule has 0 atom stereocenters. The molecule has 0 spiro atoms. The number of hydrogen-bond acceptors (Lipinski definition) is 2. The normalized spacial score (nSPS) is 14.9. The Bertz CT molecular complexity index is 940. The maximum Gasteiger partial charge on any atom is 0.206 e. The molecule has 3 nitrogen and oxygen atoms in total. The number of nitrogens with one attached hydrogen (secondary N) is 1. The van der Waals surface area contributed by atoms with Crippen molar-refractivity contribution in [1.82, 2.24) is 4.98 Å². The molecule has 3 aromatic rings. The largest absolute Gasteiger partial charge is 0.358 e. The van der Waals surface area contributed by atoms with Crippen LogP contribution in [0.1, 0.15) is 24.1 Å². The van der Waals surface area contributed by atoms with Crippen LogP contribution in [0.3, 0.4) is 0 Å². The zero-order chi connectivity index (χ0) is 15.2. The van der Waals surface area contributed by atoms with Crippen LogP contribution in [0, 0.1) is 0 Å². The molecule has 0 radical (unpaired) electrons. The molecule has 0 unspecified atom stereocenters. The van der Waals surface area contributed by atoms with Crippen molar-refractivity contribution in [2.24, 2.45) is 0 Å². The number of H-pyrrole nitrogens is 1. The third-order valence-electron chi connectivity index (χ3n) is 4.43. The third-order valence-corrected chi connectivity index (χ3v) is 6.20. The number of aromatic amines is 1. The zero-order valence-corrected chi connectivity index (χ0v) is 13.0. The van der Waals surface area contributed by atoms with Crippen molar-refractivity contribution < 1.29 is 8.42 Å². The van der Waals surface area contributed by atoms with Gasteiger partial charge in [-0.25, -0.2) is 8.42 Å². The third kappa shape index (κ3) is 2.06. The number of sulfone groups is 1. The fourth-order valence-corrected chi connectivity index (χ4v) is 4.60. The van der Waals surface area contributed by atoms with Gasteiger partial charge in [0.05, 0.1) is 9.79 Å². The van der Waals surface area contributed by atoms with Crippen molar-refractivity contribution in [3.05, 3.63) is 59.8 Å². The lowest BCUT2D eigenvalue weighted by atomic mass is 9.96. The predicted molar refractivity (Wildman–Crippen MR) is 86.8 cm³/mol. The second-order valence-corrected chi connectivity index (χ2v) is 7.76. The first-order chi connectivity index (χ1) is 10.7. The number of fused-ring (bicyclic) bond motifs is 3. The van der Waals surface area contributed by atoms with E-state index >= 15 is 0 Å². The molecule has 1 N–H and O–H groups in total. The molecule has 0 bridgehead atoms. The summed E-state index contributed by atoms with van der Waals surface area (Å²) in [7, 11) is -3.45. The maximum atomic E-state index is 12.7. The summed E-state index contributed by atoms with van der Waals surface area (Å²) in [5.41, 5.74) is 3.57. The summed E-state index contributed by atoms with van der Waals surface area (Å²) in [4.78, 5) is 4.11. The second kappa shape index (κ2) is 4.99. The summed E-state index contributed by atoms with van der Waals surface area (Å²) in [6.45, 7) is 0. The van der Waals surface area contributed by atoms with Gasteiger partial charge >= 0.3 is 0 Å². The van der Waals surface area contributed by atoms with E-state index in [2.05, 4.69) is 4.98 Å². The lowest BCUT2D eigenvalue weighted by molar-refractivity contribution is 0.596. The van der Waals surface area contributed by atoms with Crippen LogP contribution in [-0.4, -0.2) is 13.4 Å². The molecule has 1 aliphatic rings. The number of rotatable bonds is 2. The van der Waals surface area contributed by atoms with Crippen molar-refractivity contribution in [3.63, 3.8) is 0 Å². The fourth-order valence-electron chi connectivity index (χ4n) is 3.30. The molecule has 4 rings (SSSR count). The van der Waals surface area contributed by atoms with Gasteiger partial charge < -0.3 is 4.98 Å². The van der Waals surface area contributed by atoms with E-state index in [0.29, 0.717) is 9.79 Å². The van der Waals surface area contributed by atoms with E-state index in [1.807, 2.05) is 12.1 Å². The van der Waals surface area contributed by atoms with Crippen LogP contribution in [0.5, 0.6) is 0 Å². The van der Waals surface area contributed by atoms with Gasteiger partial charge in [0, 0.05) is 16.6 Å². The highest BCUT2D eigenvalue weighted by molar-refractivity contribution is 7.91. The predicted octanol–water partition coefficient (Wildman–Crippen LogP) is 3.88. The molecule has 0 aliphatic heterocycles. The van der Waals surface area contributed by atoms with E-state index in [-0.39, 0.29) is 0 Å². The van der Waals surface area contributed by atoms with E-state index in [9.17, 15) is 8.42 Å². The highest BCUT2D eigenvalue weighted by atomic mass is 32.2. The average Bonchev–Trinajstić information content (AvgIpc) is 2.93. The summed E-state index contributed by atoms with van der Waals surface area (Å²) < 4.78 is 25.4. The minimum Gasteiger partial charge on any atom is -0.358 e. The number of aromatic nitrogens is 1. The van der Waals surface area contributed by atoms with Gasteiger partial charge in [0.25, 0.3) is 0 Å². The van der Waals surface area contributed by atoms with Crippen molar-refractivity contribution in [2.75, 3.05) is 0 Å².